The van der Waals surface area contributed by atoms with Crippen molar-refractivity contribution < 1.29 is 4.74 Å². The van der Waals surface area contributed by atoms with Gasteiger partial charge in [-0.15, -0.1) is 24.0 Å². The topological polar surface area (TPSA) is 45.7 Å². The smallest absolute Gasteiger partial charge is 0.191 e. The van der Waals surface area contributed by atoms with Crippen molar-refractivity contribution >= 4 is 29.9 Å². The molecule has 2 N–H and O–H groups in total. The second kappa shape index (κ2) is 12.6. The van der Waals surface area contributed by atoms with Crippen molar-refractivity contribution in [3.8, 4) is 5.75 Å². The number of nitrogens with one attached hydrogen (secondary N) is 2. The van der Waals surface area contributed by atoms with E-state index in [0.29, 0.717) is 0 Å². The van der Waals surface area contributed by atoms with Crippen LogP contribution in [0.2, 0.25) is 0 Å². The van der Waals surface area contributed by atoms with E-state index in [0.717, 1.165) is 30.7 Å². The van der Waals surface area contributed by atoms with E-state index in [-0.39, 0.29) is 24.0 Å². The molecule has 1 aromatic rings. The average molecular weight is 419 g/mol. The van der Waals surface area contributed by atoms with E-state index < -0.39 is 0 Å². The van der Waals surface area contributed by atoms with E-state index in [2.05, 4.69) is 41.6 Å². The van der Waals surface area contributed by atoms with Crippen LogP contribution in [0.15, 0.2) is 29.3 Å². The zero-order valence-electron chi connectivity index (χ0n) is 14.2. The molecule has 0 amide bonds. The molecule has 5 heteroatoms. The molecule has 0 aromatic heterocycles. The van der Waals surface area contributed by atoms with Gasteiger partial charge in [-0.3, -0.25) is 4.99 Å². The monoisotopic (exact) mass is 419 g/mol. The third-order valence-corrected chi connectivity index (χ3v) is 3.34. The Morgan fingerprint density at radius 1 is 1.14 bits per heavy atom. The molecule has 0 aliphatic heterocycles. The fourth-order valence-electron chi connectivity index (χ4n) is 2.03. The molecule has 0 fully saturated rings. The molecule has 0 unspecified atom stereocenters. The number of hydrogen-bond donors (Lipinski definition) is 2. The molecule has 0 spiro atoms. The van der Waals surface area contributed by atoms with Crippen LogP contribution in [0.4, 0.5) is 0 Å². The minimum Gasteiger partial charge on any atom is -0.497 e. The molecule has 0 aliphatic carbocycles. The number of methoxy groups -OCH3 is 1. The molecule has 22 heavy (non-hydrogen) atoms. The van der Waals surface area contributed by atoms with Gasteiger partial charge in [0.15, 0.2) is 5.96 Å². The minimum atomic E-state index is 0. The number of halogens is 1. The normalized spacial score (nSPS) is 11.0. The van der Waals surface area contributed by atoms with Gasteiger partial charge in [-0.1, -0.05) is 38.8 Å². The third kappa shape index (κ3) is 9.12. The summed E-state index contributed by atoms with van der Waals surface area (Å²) in [5.41, 5.74) is 1.21. The average Bonchev–Trinajstić information content (AvgIpc) is 2.50. The van der Waals surface area contributed by atoms with Gasteiger partial charge < -0.3 is 15.4 Å². The minimum absolute atomic E-state index is 0. The Kier molecular flexibility index (Phi) is 12.0. The van der Waals surface area contributed by atoms with Crippen LogP contribution in [0.5, 0.6) is 5.75 Å². The summed E-state index contributed by atoms with van der Waals surface area (Å²) < 4.78 is 5.15. The summed E-state index contributed by atoms with van der Waals surface area (Å²) in [6.45, 7) is 6.26. The van der Waals surface area contributed by atoms with E-state index >= 15 is 0 Å². The zero-order chi connectivity index (χ0) is 15.5. The largest absolute Gasteiger partial charge is 0.497 e. The van der Waals surface area contributed by atoms with Crippen LogP contribution in [-0.2, 0) is 6.54 Å². The van der Waals surface area contributed by atoms with Crippen LogP contribution in [0, 0.1) is 5.92 Å². The van der Waals surface area contributed by atoms with Gasteiger partial charge in [0, 0.05) is 20.1 Å². The molecule has 1 aromatic carbocycles. The first-order valence-electron chi connectivity index (χ1n) is 7.73. The Morgan fingerprint density at radius 3 is 2.36 bits per heavy atom. The molecule has 0 radical (unpaired) electrons. The number of nitrogens with zero attached hydrogens (tertiary/aromatic N) is 1. The van der Waals surface area contributed by atoms with Gasteiger partial charge in [-0.2, -0.15) is 0 Å². The fraction of sp³-hybridized carbons (Fsp3) is 0.588. The van der Waals surface area contributed by atoms with Crippen molar-refractivity contribution in [2.24, 2.45) is 10.9 Å². The van der Waals surface area contributed by atoms with Crippen LogP contribution in [0.1, 0.15) is 38.7 Å². The number of aliphatic imine (C=N–C) groups is 1. The third-order valence-electron chi connectivity index (χ3n) is 3.34. The van der Waals surface area contributed by atoms with Gasteiger partial charge in [-0.25, -0.2) is 0 Å². The van der Waals surface area contributed by atoms with Gasteiger partial charge >= 0.3 is 0 Å². The summed E-state index contributed by atoms with van der Waals surface area (Å²) in [7, 11) is 3.48. The maximum Gasteiger partial charge on any atom is 0.191 e. The predicted octanol–water partition coefficient (Wildman–Crippen LogP) is 3.80. The maximum absolute atomic E-state index is 5.15. The van der Waals surface area contributed by atoms with E-state index in [1.807, 2.05) is 12.1 Å². The molecule has 1 rings (SSSR count). The van der Waals surface area contributed by atoms with Gasteiger partial charge in [0.1, 0.15) is 5.75 Å². The molecular formula is C17H30IN3O. The molecule has 0 heterocycles. The number of guanidine groups is 1. The number of ether oxygens (including phenoxy) is 1. The lowest BCUT2D eigenvalue weighted by molar-refractivity contribution is 0.414. The zero-order valence-corrected chi connectivity index (χ0v) is 16.5. The Hall–Kier alpha value is -0.980. The van der Waals surface area contributed by atoms with Crippen LogP contribution in [0.25, 0.3) is 0 Å². The molecular weight excluding hydrogens is 389 g/mol. The highest BCUT2D eigenvalue weighted by molar-refractivity contribution is 14.0. The number of hydrogen-bond acceptors (Lipinski definition) is 2. The van der Waals surface area contributed by atoms with Gasteiger partial charge in [0.05, 0.1) is 7.11 Å². The Bertz CT molecular complexity index is 418. The van der Waals surface area contributed by atoms with Crippen molar-refractivity contribution in [3.63, 3.8) is 0 Å². The van der Waals surface area contributed by atoms with E-state index in [9.17, 15) is 0 Å². The lowest BCUT2D eigenvalue weighted by atomic mass is 10.1. The quantitative estimate of drug-likeness (QED) is 0.292. The second-order valence-corrected chi connectivity index (χ2v) is 5.59. The van der Waals surface area contributed by atoms with E-state index in [1.54, 1.807) is 14.2 Å². The standard InChI is InChI=1S/C17H29N3O.HI/c1-14(2)7-5-6-12-19-17(18-3)20-13-15-8-10-16(21-4)11-9-15;/h8-11,14H,5-7,12-13H2,1-4H3,(H2,18,19,20);1H. The molecule has 0 bridgehead atoms. The number of unbranched alkanes of at least 4 members (excludes halogenated alkanes) is 1. The summed E-state index contributed by atoms with van der Waals surface area (Å²) in [5, 5.41) is 6.67. The lowest BCUT2D eigenvalue weighted by Gasteiger charge is -2.12. The lowest BCUT2D eigenvalue weighted by Crippen LogP contribution is -2.37. The molecule has 126 valence electrons. The Morgan fingerprint density at radius 2 is 1.82 bits per heavy atom. The first kappa shape index (κ1) is 21.0. The molecule has 0 atom stereocenters. The summed E-state index contributed by atoms with van der Waals surface area (Å²) >= 11 is 0. The SMILES string of the molecule is CN=C(NCCCCC(C)C)NCc1ccc(OC)cc1.I. The fourth-order valence-corrected chi connectivity index (χ4v) is 2.03. The van der Waals surface area contributed by atoms with Crippen LogP contribution in [-0.4, -0.2) is 26.7 Å². The molecule has 0 aliphatic rings. The van der Waals surface area contributed by atoms with E-state index in [4.69, 9.17) is 4.74 Å². The summed E-state index contributed by atoms with van der Waals surface area (Å²) in [4.78, 5) is 4.24. The Labute approximate surface area is 152 Å². The van der Waals surface area contributed by atoms with Crippen molar-refractivity contribution in [1.29, 1.82) is 0 Å². The first-order valence-corrected chi connectivity index (χ1v) is 7.73. The maximum atomic E-state index is 5.15. The molecule has 4 nitrogen and oxygen atoms in total. The van der Waals surface area contributed by atoms with Crippen LogP contribution < -0.4 is 15.4 Å². The number of benzene rings is 1. The molecule has 0 saturated heterocycles. The highest BCUT2D eigenvalue weighted by Gasteiger charge is 1.99. The second-order valence-electron chi connectivity index (χ2n) is 5.59. The summed E-state index contributed by atoms with van der Waals surface area (Å²) in [6, 6.07) is 8.06. The summed E-state index contributed by atoms with van der Waals surface area (Å²) in [6.07, 6.45) is 3.74. The molecule has 0 saturated carbocycles. The van der Waals surface area contributed by atoms with Gasteiger partial charge in [-0.05, 0) is 30.0 Å². The van der Waals surface area contributed by atoms with Crippen LogP contribution >= 0.6 is 24.0 Å². The van der Waals surface area contributed by atoms with E-state index in [1.165, 1.54) is 24.8 Å². The van der Waals surface area contributed by atoms with Gasteiger partial charge in [0.2, 0.25) is 0 Å². The van der Waals surface area contributed by atoms with Crippen molar-refractivity contribution in [2.45, 2.75) is 39.7 Å². The summed E-state index contributed by atoms with van der Waals surface area (Å²) in [5.74, 6) is 2.53. The number of rotatable bonds is 8. The van der Waals surface area contributed by atoms with Crippen molar-refractivity contribution in [2.75, 3.05) is 20.7 Å². The predicted molar refractivity (Wildman–Crippen MR) is 105 cm³/mol. The van der Waals surface area contributed by atoms with Crippen molar-refractivity contribution in [1.82, 2.24) is 10.6 Å². The first-order chi connectivity index (χ1) is 10.2. The van der Waals surface area contributed by atoms with Crippen molar-refractivity contribution in [3.05, 3.63) is 29.8 Å². The van der Waals surface area contributed by atoms with Gasteiger partial charge in [0.25, 0.3) is 0 Å². The highest BCUT2D eigenvalue weighted by Crippen LogP contribution is 2.10. The highest BCUT2D eigenvalue weighted by atomic mass is 127. The Balaban J connectivity index is 0.00000441. The van der Waals surface area contributed by atoms with Crippen LogP contribution in [0.3, 0.4) is 0 Å².